The number of methoxy groups -OCH3 is 1. The van der Waals surface area contributed by atoms with Gasteiger partial charge in [0.2, 0.25) is 6.79 Å². The lowest BCUT2D eigenvalue weighted by atomic mass is 10.2. The molecule has 2 aromatic rings. The fraction of sp³-hybridized carbons (Fsp3) is 0.118. The highest BCUT2D eigenvalue weighted by molar-refractivity contribution is 9.10. The molecule has 118 valence electrons. The Morgan fingerprint density at radius 1 is 1.17 bits per heavy atom. The summed E-state index contributed by atoms with van der Waals surface area (Å²) in [5.74, 6) is 1.77. The summed E-state index contributed by atoms with van der Waals surface area (Å²) in [6.07, 6.45) is 2.98. The van der Waals surface area contributed by atoms with E-state index >= 15 is 0 Å². The zero-order valence-corrected chi connectivity index (χ0v) is 13.8. The van der Waals surface area contributed by atoms with Gasteiger partial charge in [0.15, 0.2) is 11.5 Å². The average molecular weight is 377 g/mol. The molecule has 0 bridgehead atoms. The Morgan fingerprint density at radius 2 is 2.00 bits per heavy atom. The highest BCUT2D eigenvalue weighted by Gasteiger charge is 2.14. The maximum Gasteiger partial charge on any atom is 0.336 e. The molecule has 1 heterocycles. The van der Waals surface area contributed by atoms with E-state index in [0.717, 1.165) is 10.0 Å². The summed E-state index contributed by atoms with van der Waals surface area (Å²) in [6.45, 7) is 0.176. The second kappa shape index (κ2) is 6.75. The molecular formula is C17H13BrO5. The Balaban J connectivity index is 1.71. The zero-order chi connectivity index (χ0) is 16.2. The fourth-order valence-electron chi connectivity index (χ4n) is 2.08. The van der Waals surface area contributed by atoms with Crippen molar-refractivity contribution in [1.82, 2.24) is 0 Å². The summed E-state index contributed by atoms with van der Waals surface area (Å²) < 4.78 is 21.8. The van der Waals surface area contributed by atoms with Crippen LogP contribution in [0.5, 0.6) is 23.0 Å². The minimum Gasteiger partial charge on any atom is -0.496 e. The Kier molecular flexibility index (Phi) is 4.52. The first-order valence-corrected chi connectivity index (χ1v) is 7.58. The van der Waals surface area contributed by atoms with Gasteiger partial charge in [-0.25, -0.2) is 4.79 Å². The molecule has 0 aliphatic carbocycles. The number of esters is 1. The molecular weight excluding hydrogens is 364 g/mol. The van der Waals surface area contributed by atoms with Gasteiger partial charge in [-0.2, -0.15) is 0 Å². The molecule has 23 heavy (non-hydrogen) atoms. The number of halogens is 1. The fourth-order valence-corrected chi connectivity index (χ4v) is 2.46. The highest BCUT2D eigenvalue weighted by Crippen LogP contribution is 2.35. The number of rotatable bonds is 4. The van der Waals surface area contributed by atoms with E-state index in [1.54, 1.807) is 31.4 Å². The predicted molar refractivity (Wildman–Crippen MR) is 87.9 cm³/mol. The molecule has 6 heteroatoms. The van der Waals surface area contributed by atoms with Crippen molar-refractivity contribution in [2.45, 2.75) is 0 Å². The van der Waals surface area contributed by atoms with E-state index in [0.29, 0.717) is 23.0 Å². The molecule has 0 radical (unpaired) electrons. The smallest absolute Gasteiger partial charge is 0.336 e. The van der Waals surface area contributed by atoms with Crippen LogP contribution in [0.3, 0.4) is 0 Å². The number of ether oxygens (including phenoxy) is 4. The van der Waals surface area contributed by atoms with Gasteiger partial charge in [0.25, 0.3) is 0 Å². The lowest BCUT2D eigenvalue weighted by molar-refractivity contribution is -0.128. The maximum atomic E-state index is 11.9. The van der Waals surface area contributed by atoms with Crippen molar-refractivity contribution in [2.24, 2.45) is 0 Å². The van der Waals surface area contributed by atoms with Crippen LogP contribution in [0.25, 0.3) is 6.08 Å². The summed E-state index contributed by atoms with van der Waals surface area (Å²) in [4.78, 5) is 11.9. The van der Waals surface area contributed by atoms with Crippen LogP contribution >= 0.6 is 15.9 Å². The summed E-state index contributed by atoms with van der Waals surface area (Å²) in [7, 11) is 1.57. The number of benzene rings is 2. The average Bonchev–Trinajstić information content (AvgIpc) is 3.00. The van der Waals surface area contributed by atoms with E-state index in [1.165, 1.54) is 6.08 Å². The van der Waals surface area contributed by atoms with Crippen molar-refractivity contribution in [2.75, 3.05) is 13.9 Å². The van der Waals surface area contributed by atoms with Crippen molar-refractivity contribution >= 4 is 28.0 Å². The molecule has 0 aromatic heterocycles. The van der Waals surface area contributed by atoms with Gasteiger partial charge in [0, 0.05) is 22.2 Å². The normalized spacial score (nSPS) is 12.4. The summed E-state index contributed by atoms with van der Waals surface area (Å²) in [5, 5.41) is 0. The van der Waals surface area contributed by atoms with E-state index in [4.69, 9.17) is 18.9 Å². The second-order valence-corrected chi connectivity index (χ2v) is 5.57. The van der Waals surface area contributed by atoms with E-state index in [9.17, 15) is 4.79 Å². The first-order valence-electron chi connectivity index (χ1n) is 6.79. The first kappa shape index (κ1) is 15.4. The molecule has 0 saturated heterocycles. The van der Waals surface area contributed by atoms with Crippen molar-refractivity contribution in [3.05, 3.63) is 52.5 Å². The number of hydrogen-bond acceptors (Lipinski definition) is 5. The molecule has 1 aliphatic rings. The van der Waals surface area contributed by atoms with Gasteiger partial charge in [0.05, 0.1) is 7.11 Å². The molecule has 3 rings (SSSR count). The number of fused-ring (bicyclic) bond motifs is 1. The van der Waals surface area contributed by atoms with E-state index in [-0.39, 0.29) is 6.79 Å². The lowest BCUT2D eigenvalue weighted by Gasteiger charge is -2.05. The number of carbonyl (C=O) groups excluding carboxylic acids is 1. The third-order valence-electron chi connectivity index (χ3n) is 3.15. The van der Waals surface area contributed by atoms with Crippen LogP contribution in [-0.2, 0) is 4.79 Å². The topological polar surface area (TPSA) is 54.0 Å². The quantitative estimate of drug-likeness (QED) is 0.461. The third kappa shape index (κ3) is 3.65. The zero-order valence-electron chi connectivity index (χ0n) is 12.2. The second-order valence-electron chi connectivity index (χ2n) is 4.66. The molecule has 5 nitrogen and oxygen atoms in total. The van der Waals surface area contributed by atoms with Crippen LogP contribution in [0.4, 0.5) is 0 Å². The van der Waals surface area contributed by atoms with Gasteiger partial charge in [-0.15, -0.1) is 0 Å². The maximum absolute atomic E-state index is 11.9. The summed E-state index contributed by atoms with van der Waals surface area (Å²) in [5.41, 5.74) is 0.768. The standard InChI is InChI=1S/C17H13BrO5/c1-20-14-5-3-12(18)8-11(14)2-7-17(19)23-13-4-6-15-16(9-13)22-10-21-15/h2-9H,10H2,1H3/b7-2+. The van der Waals surface area contributed by atoms with Gasteiger partial charge < -0.3 is 18.9 Å². The third-order valence-corrected chi connectivity index (χ3v) is 3.65. The molecule has 0 fully saturated rings. The SMILES string of the molecule is COc1ccc(Br)cc1/C=C/C(=O)Oc1ccc2c(c1)OCO2. The van der Waals surface area contributed by atoms with Crippen molar-refractivity contribution in [3.8, 4) is 23.0 Å². The summed E-state index contributed by atoms with van der Waals surface area (Å²) in [6, 6.07) is 10.5. The predicted octanol–water partition coefficient (Wildman–Crippen LogP) is 3.81. The molecule has 0 unspecified atom stereocenters. The monoisotopic (exact) mass is 376 g/mol. The Bertz CT molecular complexity index is 770. The Hall–Kier alpha value is -2.47. The van der Waals surface area contributed by atoms with Crippen LogP contribution in [-0.4, -0.2) is 19.9 Å². The molecule has 0 amide bonds. The molecule has 2 aromatic carbocycles. The van der Waals surface area contributed by atoms with Gasteiger partial charge in [-0.3, -0.25) is 0 Å². The van der Waals surface area contributed by atoms with Gasteiger partial charge in [-0.05, 0) is 36.4 Å². The van der Waals surface area contributed by atoms with Crippen molar-refractivity contribution in [3.63, 3.8) is 0 Å². The van der Waals surface area contributed by atoms with Crippen molar-refractivity contribution in [1.29, 1.82) is 0 Å². The number of carbonyl (C=O) groups is 1. The number of hydrogen-bond donors (Lipinski definition) is 0. The van der Waals surface area contributed by atoms with Crippen molar-refractivity contribution < 1.29 is 23.7 Å². The molecule has 0 atom stereocenters. The van der Waals surface area contributed by atoms with E-state index in [1.807, 2.05) is 18.2 Å². The highest BCUT2D eigenvalue weighted by atomic mass is 79.9. The first-order chi connectivity index (χ1) is 11.2. The molecule has 0 spiro atoms. The van der Waals surface area contributed by atoms with Gasteiger partial charge in [0.1, 0.15) is 11.5 Å². The largest absolute Gasteiger partial charge is 0.496 e. The molecule has 1 aliphatic heterocycles. The van der Waals surface area contributed by atoms with Crippen LogP contribution in [0.15, 0.2) is 46.9 Å². The van der Waals surface area contributed by atoms with Crippen LogP contribution < -0.4 is 18.9 Å². The lowest BCUT2D eigenvalue weighted by Crippen LogP contribution is -2.03. The van der Waals surface area contributed by atoms with Crippen LogP contribution in [0.1, 0.15) is 5.56 Å². The van der Waals surface area contributed by atoms with Gasteiger partial charge in [-0.1, -0.05) is 15.9 Å². The van der Waals surface area contributed by atoms with E-state index < -0.39 is 5.97 Å². The van der Waals surface area contributed by atoms with E-state index in [2.05, 4.69) is 15.9 Å². The minimum atomic E-state index is -0.495. The van der Waals surface area contributed by atoms with Gasteiger partial charge >= 0.3 is 5.97 Å². The molecule has 0 saturated carbocycles. The van der Waals surface area contributed by atoms with Crippen LogP contribution in [0.2, 0.25) is 0 Å². The Labute approximate surface area is 141 Å². The minimum absolute atomic E-state index is 0.176. The Morgan fingerprint density at radius 3 is 2.83 bits per heavy atom. The van der Waals surface area contributed by atoms with Crippen LogP contribution in [0, 0.1) is 0 Å². The summed E-state index contributed by atoms with van der Waals surface area (Å²) >= 11 is 3.38. The molecule has 0 N–H and O–H groups in total.